The molecule has 0 heterocycles. The molecule has 4 nitrogen and oxygen atoms in total. The van der Waals surface area contributed by atoms with Crippen LogP contribution in [0.3, 0.4) is 0 Å². The lowest BCUT2D eigenvalue weighted by atomic mass is 10.0. The molecule has 138 valence electrons. The summed E-state index contributed by atoms with van der Waals surface area (Å²) in [6, 6.07) is -0.944. The number of halogens is 6. The first-order valence-electron chi connectivity index (χ1n) is 7.21. The Labute approximate surface area is 137 Å². The van der Waals surface area contributed by atoms with Crippen molar-refractivity contribution in [2.75, 3.05) is 0 Å². The molecule has 10 heteroatoms. The van der Waals surface area contributed by atoms with Crippen LogP contribution in [0, 0.1) is 5.92 Å². The van der Waals surface area contributed by atoms with Crippen molar-refractivity contribution in [1.82, 2.24) is 5.32 Å². The number of carboxylic acids is 1. The molecule has 0 saturated heterocycles. The number of carbonyl (C=O) groups is 2. The van der Waals surface area contributed by atoms with E-state index < -0.39 is 47.0 Å². The highest BCUT2D eigenvalue weighted by molar-refractivity contribution is 5.97. The molecule has 1 amide bonds. The average Bonchev–Trinajstić information content (AvgIpc) is 3.28. The van der Waals surface area contributed by atoms with Crippen LogP contribution < -0.4 is 5.32 Å². The second kappa shape index (κ2) is 6.57. The van der Waals surface area contributed by atoms with Crippen LogP contribution in [0.1, 0.15) is 40.7 Å². The molecule has 1 aliphatic rings. The number of carboxylic acid groups (broad SMARTS) is 1. The van der Waals surface area contributed by atoms with Crippen LogP contribution in [-0.4, -0.2) is 23.0 Å². The lowest BCUT2D eigenvalue weighted by Gasteiger charge is -2.17. The molecule has 0 unspecified atom stereocenters. The Morgan fingerprint density at radius 1 is 1.04 bits per heavy atom. The summed E-state index contributed by atoms with van der Waals surface area (Å²) in [5, 5.41) is 11.0. The zero-order valence-corrected chi connectivity index (χ0v) is 12.5. The molecule has 0 aliphatic heterocycles. The van der Waals surface area contributed by atoms with Crippen molar-refractivity contribution < 1.29 is 41.0 Å². The molecule has 0 bridgehead atoms. The van der Waals surface area contributed by atoms with E-state index in [4.69, 9.17) is 5.11 Å². The molecule has 25 heavy (non-hydrogen) atoms. The van der Waals surface area contributed by atoms with Crippen LogP contribution >= 0.6 is 0 Å². The van der Waals surface area contributed by atoms with Gasteiger partial charge in [-0.1, -0.05) is 12.8 Å². The number of alkyl halides is 6. The van der Waals surface area contributed by atoms with Gasteiger partial charge in [0.05, 0.1) is 11.1 Å². The van der Waals surface area contributed by atoms with Gasteiger partial charge in [-0.05, 0) is 30.5 Å². The van der Waals surface area contributed by atoms with E-state index in [1.807, 2.05) is 5.32 Å². The van der Waals surface area contributed by atoms with Gasteiger partial charge in [-0.25, -0.2) is 4.79 Å². The standard InChI is InChI=1S/C15H13F6NO3/c16-14(17,18)9-4-8(5-10(6-9)15(19,20)21)12(23)22-11(13(24)25)3-7-1-2-7/h4-7,11H,1-3H2,(H,22,23)(H,24,25)/t11-/m0/s1. The number of nitrogens with one attached hydrogen (secondary N) is 1. The average molecular weight is 369 g/mol. The van der Waals surface area contributed by atoms with Crippen molar-refractivity contribution in [3.63, 3.8) is 0 Å². The summed E-state index contributed by atoms with van der Waals surface area (Å²) >= 11 is 0. The van der Waals surface area contributed by atoms with Crippen LogP contribution in [-0.2, 0) is 17.1 Å². The summed E-state index contributed by atoms with van der Waals surface area (Å²) < 4.78 is 76.7. The molecule has 1 aromatic rings. The minimum absolute atomic E-state index is 0.0756. The Morgan fingerprint density at radius 2 is 1.52 bits per heavy atom. The number of amides is 1. The fraction of sp³-hybridized carbons (Fsp3) is 0.467. The van der Waals surface area contributed by atoms with Crippen LogP contribution in [0.25, 0.3) is 0 Å². The van der Waals surface area contributed by atoms with Crippen LogP contribution in [0.4, 0.5) is 26.3 Å². The first-order chi connectivity index (χ1) is 11.4. The fourth-order valence-electron chi connectivity index (χ4n) is 2.24. The molecule has 1 aliphatic carbocycles. The van der Waals surface area contributed by atoms with Crippen LogP contribution in [0.15, 0.2) is 18.2 Å². The van der Waals surface area contributed by atoms with Crippen molar-refractivity contribution in [1.29, 1.82) is 0 Å². The summed E-state index contributed by atoms with van der Waals surface area (Å²) in [6.07, 6.45) is -8.57. The second-order valence-electron chi connectivity index (χ2n) is 5.84. The molecule has 1 aromatic carbocycles. The van der Waals surface area contributed by atoms with E-state index in [0.29, 0.717) is 0 Å². The van der Waals surface area contributed by atoms with Gasteiger partial charge in [-0.3, -0.25) is 4.79 Å². The summed E-state index contributed by atoms with van der Waals surface area (Å²) in [6.45, 7) is 0. The SMILES string of the molecule is O=C(N[C@@H](CC1CC1)C(=O)O)c1cc(C(F)(F)F)cc(C(F)(F)F)c1. The number of hydrogen-bond donors (Lipinski definition) is 2. The Hall–Kier alpha value is -2.26. The maximum absolute atomic E-state index is 12.8. The summed E-state index contributed by atoms with van der Waals surface area (Å²) in [4.78, 5) is 23.1. The molecule has 2 N–H and O–H groups in total. The largest absolute Gasteiger partial charge is 0.480 e. The van der Waals surface area contributed by atoms with Gasteiger partial charge in [0.25, 0.3) is 5.91 Å². The van der Waals surface area contributed by atoms with Crippen molar-refractivity contribution in [3.05, 3.63) is 34.9 Å². The molecule has 1 fully saturated rings. The van der Waals surface area contributed by atoms with E-state index in [1.165, 1.54) is 0 Å². The predicted octanol–water partition coefficient (Wildman–Crippen LogP) is 3.71. The summed E-state index contributed by atoms with van der Waals surface area (Å²) in [7, 11) is 0. The second-order valence-corrected chi connectivity index (χ2v) is 5.84. The number of aliphatic carboxylic acids is 1. The molecule has 0 aromatic heterocycles. The molecule has 2 rings (SSSR count). The van der Waals surface area contributed by atoms with Gasteiger partial charge in [0.2, 0.25) is 0 Å². The highest BCUT2D eigenvalue weighted by atomic mass is 19.4. The number of rotatable bonds is 5. The number of hydrogen-bond acceptors (Lipinski definition) is 2. The van der Waals surface area contributed by atoms with Crippen molar-refractivity contribution in [2.45, 2.75) is 37.7 Å². The van der Waals surface area contributed by atoms with Crippen LogP contribution in [0.2, 0.25) is 0 Å². The van der Waals surface area contributed by atoms with E-state index >= 15 is 0 Å². The lowest BCUT2D eigenvalue weighted by Crippen LogP contribution is -2.41. The van der Waals surface area contributed by atoms with Gasteiger partial charge >= 0.3 is 18.3 Å². The van der Waals surface area contributed by atoms with E-state index in [2.05, 4.69) is 0 Å². The zero-order valence-electron chi connectivity index (χ0n) is 12.5. The third kappa shape index (κ3) is 5.10. The Bertz CT molecular complexity index is 647. The third-order valence-electron chi connectivity index (χ3n) is 3.72. The first-order valence-corrected chi connectivity index (χ1v) is 7.21. The Balaban J connectivity index is 2.32. The Kier molecular flexibility index (Phi) is 5.01. The highest BCUT2D eigenvalue weighted by Gasteiger charge is 2.38. The topological polar surface area (TPSA) is 66.4 Å². The first kappa shape index (κ1) is 19.1. The fourth-order valence-corrected chi connectivity index (χ4v) is 2.24. The van der Waals surface area contributed by atoms with Gasteiger partial charge in [0, 0.05) is 5.56 Å². The normalized spacial score (nSPS) is 16.4. The van der Waals surface area contributed by atoms with E-state index in [1.54, 1.807) is 0 Å². The minimum Gasteiger partial charge on any atom is -0.480 e. The van der Waals surface area contributed by atoms with Crippen molar-refractivity contribution >= 4 is 11.9 Å². The van der Waals surface area contributed by atoms with Gasteiger partial charge in [0.1, 0.15) is 6.04 Å². The zero-order chi connectivity index (χ0) is 19.0. The predicted molar refractivity (Wildman–Crippen MR) is 72.7 cm³/mol. The smallest absolute Gasteiger partial charge is 0.416 e. The molecule has 1 saturated carbocycles. The molecule has 0 radical (unpaired) electrons. The minimum atomic E-state index is -5.09. The van der Waals surface area contributed by atoms with E-state index in [9.17, 15) is 35.9 Å². The molecular weight excluding hydrogens is 356 g/mol. The number of benzene rings is 1. The van der Waals surface area contributed by atoms with Crippen LogP contribution in [0.5, 0.6) is 0 Å². The van der Waals surface area contributed by atoms with E-state index in [0.717, 1.165) is 12.8 Å². The van der Waals surface area contributed by atoms with Gasteiger partial charge in [-0.2, -0.15) is 26.3 Å². The molecule has 0 spiro atoms. The Morgan fingerprint density at radius 3 is 1.88 bits per heavy atom. The maximum Gasteiger partial charge on any atom is 0.416 e. The molecular formula is C15H13F6NO3. The lowest BCUT2D eigenvalue weighted by molar-refractivity contribution is -0.143. The number of carbonyl (C=O) groups excluding carboxylic acids is 1. The van der Waals surface area contributed by atoms with Gasteiger partial charge < -0.3 is 10.4 Å². The third-order valence-corrected chi connectivity index (χ3v) is 3.72. The van der Waals surface area contributed by atoms with Gasteiger partial charge in [-0.15, -0.1) is 0 Å². The quantitative estimate of drug-likeness (QED) is 0.778. The maximum atomic E-state index is 12.8. The van der Waals surface area contributed by atoms with Gasteiger partial charge in [0.15, 0.2) is 0 Å². The molecule has 1 atom stereocenters. The highest BCUT2D eigenvalue weighted by Crippen LogP contribution is 2.36. The monoisotopic (exact) mass is 369 g/mol. The van der Waals surface area contributed by atoms with E-state index in [-0.39, 0.29) is 30.5 Å². The summed E-state index contributed by atoms with van der Waals surface area (Å²) in [5.41, 5.74) is -4.17. The van der Waals surface area contributed by atoms with Crippen molar-refractivity contribution in [3.8, 4) is 0 Å². The van der Waals surface area contributed by atoms with Crippen molar-refractivity contribution in [2.24, 2.45) is 5.92 Å². The summed E-state index contributed by atoms with van der Waals surface area (Å²) in [5.74, 6) is -2.62.